The van der Waals surface area contributed by atoms with Crippen LogP contribution in [0.2, 0.25) is 0 Å². The minimum absolute atomic E-state index is 0.0312. The lowest BCUT2D eigenvalue weighted by atomic mass is 10.2. The van der Waals surface area contributed by atoms with Gasteiger partial charge in [0.1, 0.15) is 11.6 Å². The molecule has 198 valence electrons. The number of hydrogen-bond donors (Lipinski definition) is 0. The van der Waals surface area contributed by atoms with Gasteiger partial charge in [-0.2, -0.15) is 0 Å². The number of amidine groups is 1. The zero-order valence-corrected chi connectivity index (χ0v) is 21.7. The van der Waals surface area contributed by atoms with Gasteiger partial charge in [0.05, 0.1) is 28.6 Å². The van der Waals surface area contributed by atoms with Crippen LogP contribution in [0.5, 0.6) is 11.6 Å². The summed E-state index contributed by atoms with van der Waals surface area (Å²) >= 11 is 0. The van der Waals surface area contributed by atoms with E-state index in [1.54, 1.807) is 20.8 Å². The number of aliphatic imine (C=N–C) groups is 1. The summed E-state index contributed by atoms with van der Waals surface area (Å²) in [6, 6.07) is 2.90. The van der Waals surface area contributed by atoms with Gasteiger partial charge in [-0.3, -0.25) is 4.79 Å². The second-order valence-corrected chi connectivity index (χ2v) is 12.0. The number of amides is 1. The molecule has 0 N–H and O–H groups in total. The highest BCUT2D eigenvalue weighted by Gasteiger charge is 2.39. The first-order valence-corrected chi connectivity index (χ1v) is 13.2. The number of aromatic nitrogens is 1. The Balaban J connectivity index is 1.57. The monoisotopic (exact) mass is 526 g/mol. The first-order valence-electron chi connectivity index (χ1n) is 11.6. The predicted octanol–water partition coefficient (Wildman–Crippen LogP) is 3.05. The van der Waals surface area contributed by atoms with Gasteiger partial charge in [-0.1, -0.05) is 6.58 Å². The quantitative estimate of drug-likeness (QED) is 0.262. The Bertz CT molecular complexity index is 1120. The molecule has 12 heteroatoms. The molecule has 0 radical (unpaired) electrons. The molecule has 1 amide bonds. The lowest BCUT2D eigenvalue weighted by Crippen LogP contribution is -2.57. The van der Waals surface area contributed by atoms with Crippen molar-refractivity contribution in [1.82, 2.24) is 14.8 Å². The molecule has 1 aromatic rings. The first kappa shape index (κ1) is 27.6. The van der Waals surface area contributed by atoms with Crippen molar-refractivity contribution >= 4 is 21.6 Å². The molecule has 3 heterocycles. The largest absolute Gasteiger partial charge is 0.479 e. The smallest absolute Gasteiger partial charge is 0.278 e. The molecule has 9 nitrogen and oxygen atoms in total. The number of halogens is 2. The topological polar surface area (TPSA) is 101 Å². The molecular weight excluding hydrogens is 494 g/mol. The van der Waals surface area contributed by atoms with Gasteiger partial charge in [0, 0.05) is 39.0 Å². The van der Waals surface area contributed by atoms with Gasteiger partial charge in [-0.25, -0.2) is 27.2 Å². The molecule has 2 fully saturated rings. The maximum absolute atomic E-state index is 12.9. The number of rotatable bonds is 10. The van der Waals surface area contributed by atoms with Crippen LogP contribution in [0.15, 0.2) is 47.9 Å². The van der Waals surface area contributed by atoms with Crippen LogP contribution in [0.25, 0.3) is 0 Å². The van der Waals surface area contributed by atoms with Gasteiger partial charge in [-0.05, 0) is 32.9 Å². The molecule has 2 aliphatic heterocycles. The van der Waals surface area contributed by atoms with Crippen LogP contribution in [0.1, 0.15) is 34.1 Å². The van der Waals surface area contributed by atoms with Crippen LogP contribution in [0.4, 0.5) is 8.78 Å². The van der Waals surface area contributed by atoms with E-state index in [0.717, 1.165) is 6.92 Å². The normalized spacial score (nSPS) is 20.1. The fourth-order valence-electron chi connectivity index (χ4n) is 3.68. The number of pyridine rings is 1. The molecule has 0 bridgehead atoms. The van der Waals surface area contributed by atoms with Gasteiger partial charge in [0.15, 0.2) is 22.5 Å². The van der Waals surface area contributed by atoms with Gasteiger partial charge in [0.25, 0.3) is 11.8 Å². The van der Waals surface area contributed by atoms with Crippen LogP contribution in [-0.4, -0.2) is 83.7 Å². The number of carbonyl (C=O) groups is 1. The zero-order chi connectivity index (χ0) is 26.7. The molecule has 1 aromatic heterocycles. The van der Waals surface area contributed by atoms with Crippen molar-refractivity contribution in [3.8, 4) is 11.6 Å². The van der Waals surface area contributed by atoms with E-state index in [1.165, 1.54) is 35.5 Å². The van der Waals surface area contributed by atoms with E-state index in [2.05, 4.69) is 16.6 Å². The Morgan fingerprint density at radius 1 is 1.36 bits per heavy atom. The Hall–Kier alpha value is -3.02. The van der Waals surface area contributed by atoms with Gasteiger partial charge in [-0.15, -0.1) is 0 Å². The third kappa shape index (κ3) is 6.59. The number of alkyl halides is 2. The van der Waals surface area contributed by atoms with E-state index >= 15 is 0 Å². The van der Waals surface area contributed by atoms with Crippen molar-refractivity contribution in [2.75, 3.05) is 26.2 Å². The molecule has 1 atom stereocenters. The van der Waals surface area contributed by atoms with E-state index in [9.17, 15) is 22.0 Å². The summed E-state index contributed by atoms with van der Waals surface area (Å²) in [5.41, 5.74) is 0.500. The molecule has 2 aliphatic rings. The van der Waals surface area contributed by atoms with Crippen molar-refractivity contribution in [2.24, 2.45) is 4.99 Å². The number of likely N-dealkylation sites (tertiary alicyclic amines) is 2. The van der Waals surface area contributed by atoms with Crippen molar-refractivity contribution < 1.29 is 31.5 Å². The van der Waals surface area contributed by atoms with Crippen LogP contribution < -0.4 is 9.47 Å². The summed E-state index contributed by atoms with van der Waals surface area (Å²) in [6.45, 7) is 10.1. The van der Waals surface area contributed by atoms with Gasteiger partial charge >= 0.3 is 0 Å². The molecule has 0 spiro atoms. The second-order valence-electron chi connectivity index (χ2n) is 9.18. The van der Waals surface area contributed by atoms with Crippen molar-refractivity contribution in [3.05, 3.63) is 42.9 Å². The highest BCUT2D eigenvalue weighted by molar-refractivity contribution is 7.92. The summed E-state index contributed by atoms with van der Waals surface area (Å²) in [5, 5.41) is -0.812. The molecule has 0 aliphatic carbocycles. The predicted molar refractivity (Wildman–Crippen MR) is 132 cm³/mol. The molecular formula is C24H32F2N4O5S. The maximum Gasteiger partial charge on any atom is 0.278 e. The molecule has 0 unspecified atom stereocenters. The van der Waals surface area contributed by atoms with Crippen LogP contribution in [0.3, 0.4) is 0 Å². The van der Waals surface area contributed by atoms with E-state index in [-0.39, 0.29) is 11.8 Å². The molecule has 3 rings (SSSR count). The summed E-state index contributed by atoms with van der Waals surface area (Å²) in [5.74, 6) is -2.25. The summed E-state index contributed by atoms with van der Waals surface area (Å²) < 4.78 is 61.0. The number of nitrogens with zero attached hydrogens (tertiary/aromatic N) is 4. The Morgan fingerprint density at radius 3 is 2.61 bits per heavy atom. The lowest BCUT2D eigenvalue weighted by molar-refractivity contribution is -0.131. The average molecular weight is 527 g/mol. The van der Waals surface area contributed by atoms with E-state index in [4.69, 9.17) is 9.47 Å². The molecule has 0 aromatic carbocycles. The number of sulfone groups is 1. The number of ether oxygens (including phenoxy) is 2. The third-order valence-corrected chi connectivity index (χ3v) is 8.49. The minimum Gasteiger partial charge on any atom is -0.479 e. The van der Waals surface area contributed by atoms with Crippen molar-refractivity contribution in [2.45, 2.75) is 56.6 Å². The van der Waals surface area contributed by atoms with E-state index in [0.29, 0.717) is 43.3 Å². The number of hydrogen-bond acceptors (Lipinski definition) is 7. The minimum atomic E-state index is -3.14. The molecule has 36 heavy (non-hydrogen) atoms. The van der Waals surface area contributed by atoms with Crippen LogP contribution >= 0.6 is 0 Å². The Kier molecular flexibility index (Phi) is 8.37. The summed E-state index contributed by atoms with van der Waals surface area (Å²) in [4.78, 5) is 24.7. The first-order chi connectivity index (χ1) is 16.8. The fourth-order valence-corrected chi connectivity index (χ4v) is 5.22. The molecule has 2 saturated heterocycles. The van der Waals surface area contributed by atoms with Crippen LogP contribution in [0, 0.1) is 0 Å². The number of carbonyl (C=O) groups excluding carboxylic acids is 1. The Morgan fingerprint density at radius 2 is 2.06 bits per heavy atom. The molecule has 0 saturated carbocycles. The van der Waals surface area contributed by atoms with Gasteiger partial charge < -0.3 is 19.3 Å². The summed E-state index contributed by atoms with van der Waals surface area (Å²) in [7, 11) is -3.14. The highest BCUT2D eigenvalue weighted by atomic mass is 32.2. The van der Waals surface area contributed by atoms with Gasteiger partial charge in [0.2, 0.25) is 5.88 Å². The number of allylic oxidation sites excluding steroid dienone is 1. The third-order valence-electron chi connectivity index (χ3n) is 5.95. The standard InChI is InChI=1S/C24H32F2N4O5S/c1-6-18(11-27-17(4)29-13-20(14-29)36(32,33)16(2)3)30-10-9-21(23(30)31)35-19-7-8-22(28-12-19)34-15-24(5,25)26/h6-8,11-12,16,20-21H,1,9-10,13-15H2,2-5H3/b18-11+,27-17+/t21-/m1/s1. The van der Waals surface area contributed by atoms with E-state index in [1.807, 2.05) is 4.90 Å². The van der Waals surface area contributed by atoms with Crippen molar-refractivity contribution in [1.29, 1.82) is 0 Å². The average Bonchev–Trinajstić information content (AvgIpc) is 3.12. The summed E-state index contributed by atoms with van der Waals surface area (Å²) in [6.07, 6.45) is 4.05. The van der Waals surface area contributed by atoms with E-state index < -0.39 is 39.0 Å². The maximum atomic E-state index is 12.9. The van der Waals surface area contributed by atoms with Crippen molar-refractivity contribution in [3.63, 3.8) is 0 Å². The zero-order valence-electron chi connectivity index (χ0n) is 20.9. The van der Waals surface area contributed by atoms with Crippen LogP contribution in [-0.2, 0) is 14.6 Å². The lowest BCUT2D eigenvalue weighted by Gasteiger charge is -2.40. The highest BCUT2D eigenvalue weighted by Crippen LogP contribution is 2.25. The SMILES string of the molecule is C=C/C(=C\N=C(/C)N1CC(S(=O)(=O)C(C)C)C1)N1CC[C@@H](Oc2ccc(OCC(C)(F)F)nc2)C1=O. The Labute approximate surface area is 210 Å². The fraction of sp³-hybridized carbons (Fsp3) is 0.542. The second kappa shape index (κ2) is 10.9.